The van der Waals surface area contributed by atoms with Gasteiger partial charge in [0.05, 0.1) is 6.04 Å². The molecule has 1 aliphatic carbocycles. The molecule has 4 nitrogen and oxygen atoms in total. The molecular formula is C17H20N2O2. The summed E-state index contributed by atoms with van der Waals surface area (Å²) in [5, 5.41) is 0. The molecule has 21 heavy (non-hydrogen) atoms. The van der Waals surface area contributed by atoms with E-state index in [2.05, 4.69) is 0 Å². The zero-order chi connectivity index (χ0) is 14.7. The molecule has 0 amide bonds. The van der Waals surface area contributed by atoms with Crippen molar-refractivity contribution in [2.24, 2.45) is 4.99 Å². The number of furan rings is 1. The van der Waals surface area contributed by atoms with Crippen molar-refractivity contribution in [1.29, 1.82) is 0 Å². The van der Waals surface area contributed by atoms with Crippen LogP contribution in [0.1, 0.15) is 48.4 Å². The molecule has 0 bridgehead atoms. The van der Waals surface area contributed by atoms with Gasteiger partial charge in [-0.1, -0.05) is 25.3 Å². The Balaban J connectivity index is 1.95. The summed E-state index contributed by atoms with van der Waals surface area (Å²) < 4.78 is 7.01. The second-order valence-corrected chi connectivity index (χ2v) is 5.57. The monoisotopic (exact) mass is 284 g/mol. The van der Waals surface area contributed by atoms with Crippen LogP contribution in [0.5, 0.6) is 0 Å². The molecule has 2 heterocycles. The van der Waals surface area contributed by atoms with Crippen molar-refractivity contribution in [1.82, 2.24) is 4.57 Å². The van der Waals surface area contributed by atoms with Crippen LogP contribution in [0.4, 0.5) is 0 Å². The first kappa shape index (κ1) is 13.9. The zero-order valence-electron chi connectivity index (χ0n) is 12.3. The summed E-state index contributed by atoms with van der Waals surface area (Å²) in [6.45, 7) is 1.83. The van der Waals surface area contributed by atoms with E-state index in [0.717, 1.165) is 18.6 Å². The smallest absolute Gasteiger partial charge is 0.299 e. The van der Waals surface area contributed by atoms with Gasteiger partial charge in [0.15, 0.2) is 5.76 Å². The maximum absolute atomic E-state index is 12.5. The molecule has 110 valence electrons. The van der Waals surface area contributed by atoms with E-state index in [1.165, 1.54) is 19.3 Å². The Hall–Kier alpha value is -2.10. The van der Waals surface area contributed by atoms with E-state index in [4.69, 9.17) is 9.41 Å². The largest absolute Gasteiger partial charge is 0.456 e. The quantitative estimate of drug-likeness (QED) is 0.849. The summed E-state index contributed by atoms with van der Waals surface area (Å²) in [7, 11) is 0. The van der Waals surface area contributed by atoms with Crippen molar-refractivity contribution in [2.45, 2.75) is 45.1 Å². The van der Waals surface area contributed by atoms with E-state index in [0.29, 0.717) is 17.3 Å². The first-order valence-corrected chi connectivity index (χ1v) is 7.57. The van der Waals surface area contributed by atoms with E-state index in [1.54, 1.807) is 22.9 Å². The minimum absolute atomic E-state index is 0.168. The Morgan fingerprint density at radius 1 is 1.19 bits per heavy atom. The first-order chi connectivity index (χ1) is 10.2. The van der Waals surface area contributed by atoms with Gasteiger partial charge in [-0.3, -0.25) is 14.4 Å². The van der Waals surface area contributed by atoms with Crippen molar-refractivity contribution >= 4 is 5.91 Å². The molecule has 0 aliphatic heterocycles. The fourth-order valence-corrected chi connectivity index (χ4v) is 2.78. The van der Waals surface area contributed by atoms with Gasteiger partial charge >= 0.3 is 0 Å². The van der Waals surface area contributed by atoms with Gasteiger partial charge in [0.25, 0.3) is 5.91 Å². The van der Waals surface area contributed by atoms with Gasteiger partial charge in [-0.2, -0.15) is 0 Å². The molecule has 2 aromatic heterocycles. The fourth-order valence-electron chi connectivity index (χ4n) is 2.78. The van der Waals surface area contributed by atoms with E-state index in [1.807, 2.05) is 25.1 Å². The molecule has 0 unspecified atom stereocenters. The maximum atomic E-state index is 12.5. The summed E-state index contributed by atoms with van der Waals surface area (Å²) in [6.07, 6.45) is 7.73. The Morgan fingerprint density at radius 3 is 2.71 bits per heavy atom. The van der Waals surface area contributed by atoms with Gasteiger partial charge in [-0.25, -0.2) is 0 Å². The van der Waals surface area contributed by atoms with E-state index in [-0.39, 0.29) is 5.91 Å². The van der Waals surface area contributed by atoms with Crippen LogP contribution in [0.3, 0.4) is 0 Å². The van der Waals surface area contributed by atoms with Crippen LogP contribution in [0, 0.1) is 6.92 Å². The molecule has 1 aliphatic rings. The Kier molecular flexibility index (Phi) is 4.04. The second kappa shape index (κ2) is 6.12. The molecule has 1 saturated carbocycles. The molecule has 0 atom stereocenters. The lowest BCUT2D eigenvalue weighted by atomic mass is 9.96. The SMILES string of the molecule is Cc1ccc(C(=O)n2ccccc2=NC2CCCCC2)o1. The predicted molar refractivity (Wildman–Crippen MR) is 80.0 cm³/mol. The third-order valence-electron chi connectivity index (χ3n) is 3.90. The van der Waals surface area contributed by atoms with Crippen molar-refractivity contribution in [2.75, 3.05) is 0 Å². The number of nitrogens with zero attached hydrogens (tertiary/aromatic N) is 2. The lowest BCUT2D eigenvalue weighted by molar-refractivity contribution is 0.0925. The normalized spacial score (nSPS) is 17.1. The second-order valence-electron chi connectivity index (χ2n) is 5.57. The third kappa shape index (κ3) is 3.15. The molecule has 3 rings (SSSR count). The van der Waals surface area contributed by atoms with Crippen LogP contribution < -0.4 is 5.49 Å². The highest BCUT2D eigenvalue weighted by molar-refractivity contribution is 5.93. The van der Waals surface area contributed by atoms with Crippen molar-refractivity contribution < 1.29 is 9.21 Å². The van der Waals surface area contributed by atoms with Gasteiger partial charge in [0.1, 0.15) is 11.2 Å². The summed E-state index contributed by atoms with van der Waals surface area (Å²) >= 11 is 0. The van der Waals surface area contributed by atoms with Crippen molar-refractivity contribution in [3.63, 3.8) is 0 Å². The van der Waals surface area contributed by atoms with Crippen molar-refractivity contribution in [3.8, 4) is 0 Å². The number of rotatable bonds is 2. The number of carbonyl (C=O) groups excluding carboxylic acids is 1. The maximum Gasteiger partial charge on any atom is 0.299 e. The highest BCUT2D eigenvalue weighted by Crippen LogP contribution is 2.19. The predicted octanol–water partition coefficient (Wildman–Crippen LogP) is 3.31. The molecule has 0 aromatic carbocycles. The van der Waals surface area contributed by atoms with Crippen LogP contribution in [0.15, 0.2) is 45.9 Å². The summed E-state index contributed by atoms with van der Waals surface area (Å²) in [5.41, 5.74) is 0.712. The Bertz CT molecular complexity index is 691. The zero-order valence-corrected chi connectivity index (χ0v) is 12.3. The fraction of sp³-hybridized carbons (Fsp3) is 0.412. The highest BCUT2D eigenvalue weighted by Gasteiger charge is 2.15. The molecular weight excluding hydrogens is 264 g/mol. The number of pyridine rings is 1. The minimum atomic E-state index is -0.168. The molecule has 2 aromatic rings. The number of carbonyl (C=O) groups is 1. The van der Waals surface area contributed by atoms with E-state index >= 15 is 0 Å². The van der Waals surface area contributed by atoms with Gasteiger partial charge < -0.3 is 4.42 Å². The number of hydrogen-bond acceptors (Lipinski definition) is 3. The molecule has 0 saturated heterocycles. The van der Waals surface area contributed by atoms with Crippen LogP contribution in [-0.2, 0) is 0 Å². The Labute approximate surface area is 124 Å². The molecule has 1 fully saturated rings. The molecule has 0 radical (unpaired) electrons. The average Bonchev–Trinajstić information content (AvgIpc) is 2.95. The standard InChI is InChI=1S/C17H20N2O2/c1-13-10-11-15(21-13)17(20)19-12-6-5-9-16(19)18-14-7-3-2-4-8-14/h5-6,9-12,14H,2-4,7-8H2,1H3. The van der Waals surface area contributed by atoms with Crippen LogP contribution in [0.2, 0.25) is 0 Å². The lowest BCUT2D eigenvalue weighted by Crippen LogP contribution is -2.29. The van der Waals surface area contributed by atoms with Crippen LogP contribution >= 0.6 is 0 Å². The van der Waals surface area contributed by atoms with E-state index < -0.39 is 0 Å². The highest BCUT2D eigenvalue weighted by atomic mass is 16.3. The van der Waals surface area contributed by atoms with Crippen LogP contribution in [0.25, 0.3) is 0 Å². The summed E-state index contributed by atoms with van der Waals surface area (Å²) in [4.78, 5) is 17.3. The average molecular weight is 284 g/mol. The third-order valence-corrected chi connectivity index (χ3v) is 3.90. The molecule has 4 heteroatoms. The summed E-state index contributed by atoms with van der Waals surface area (Å²) in [6, 6.07) is 9.49. The molecule has 0 N–H and O–H groups in total. The van der Waals surface area contributed by atoms with Crippen LogP contribution in [-0.4, -0.2) is 16.5 Å². The van der Waals surface area contributed by atoms with Gasteiger partial charge in [0.2, 0.25) is 0 Å². The topological polar surface area (TPSA) is 47.5 Å². The minimum Gasteiger partial charge on any atom is -0.456 e. The number of hydrogen-bond donors (Lipinski definition) is 0. The van der Waals surface area contributed by atoms with Gasteiger partial charge in [-0.15, -0.1) is 0 Å². The number of aromatic nitrogens is 1. The van der Waals surface area contributed by atoms with Gasteiger partial charge in [-0.05, 0) is 44.0 Å². The first-order valence-electron chi connectivity index (χ1n) is 7.57. The number of aryl methyl sites for hydroxylation is 1. The van der Waals surface area contributed by atoms with Gasteiger partial charge in [0, 0.05) is 6.20 Å². The lowest BCUT2D eigenvalue weighted by Gasteiger charge is -2.17. The summed E-state index contributed by atoms with van der Waals surface area (Å²) in [5.74, 6) is 0.919. The Morgan fingerprint density at radius 2 is 2.00 bits per heavy atom. The molecule has 0 spiro atoms. The van der Waals surface area contributed by atoms with E-state index in [9.17, 15) is 4.79 Å². The van der Waals surface area contributed by atoms with Crippen molar-refractivity contribution in [3.05, 3.63) is 53.5 Å².